The highest BCUT2D eigenvalue weighted by molar-refractivity contribution is 7.99. The van der Waals surface area contributed by atoms with E-state index < -0.39 is 6.04 Å². The van der Waals surface area contributed by atoms with E-state index in [-0.39, 0.29) is 17.1 Å². The van der Waals surface area contributed by atoms with Gasteiger partial charge in [-0.1, -0.05) is 26.8 Å². The molecule has 0 fully saturated rings. The van der Waals surface area contributed by atoms with E-state index in [9.17, 15) is 9.59 Å². The fraction of sp³-hybridized carbons (Fsp3) is 0.467. The number of hydrogen-bond acceptors (Lipinski definition) is 3. The zero-order valence-corrected chi connectivity index (χ0v) is 12.6. The summed E-state index contributed by atoms with van der Waals surface area (Å²) in [6.07, 6.45) is 0. The summed E-state index contributed by atoms with van der Waals surface area (Å²) in [6.45, 7) is 7.82. The number of carbonyl (C=O) groups excluding carboxylic acids is 2. The van der Waals surface area contributed by atoms with E-state index in [0.717, 1.165) is 16.0 Å². The molecule has 19 heavy (non-hydrogen) atoms. The smallest absolute Gasteiger partial charge is 0.217 e. The summed E-state index contributed by atoms with van der Waals surface area (Å²) >= 11 is 1.63. The van der Waals surface area contributed by atoms with Gasteiger partial charge in [-0.2, -0.15) is 0 Å². The van der Waals surface area contributed by atoms with Gasteiger partial charge >= 0.3 is 0 Å². The first-order valence-electron chi connectivity index (χ1n) is 6.37. The SMILES string of the molecule is CC(=O)NC1CSc2ccc(C(C)(C)C)cc2C1=O. The number of fused-ring (bicyclic) bond motifs is 1. The summed E-state index contributed by atoms with van der Waals surface area (Å²) in [5, 5.41) is 2.72. The molecule has 1 unspecified atom stereocenters. The average molecular weight is 277 g/mol. The third-order valence-electron chi connectivity index (χ3n) is 3.21. The van der Waals surface area contributed by atoms with Gasteiger partial charge in [-0.25, -0.2) is 0 Å². The topological polar surface area (TPSA) is 46.2 Å². The number of thioether (sulfide) groups is 1. The maximum absolute atomic E-state index is 12.4. The van der Waals surface area contributed by atoms with Gasteiger partial charge in [0.2, 0.25) is 5.91 Å². The molecule has 1 aliphatic heterocycles. The van der Waals surface area contributed by atoms with Crippen molar-refractivity contribution in [3.05, 3.63) is 29.3 Å². The van der Waals surface area contributed by atoms with Crippen molar-refractivity contribution in [1.29, 1.82) is 0 Å². The van der Waals surface area contributed by atoms with Gasteiger partial charge in [0, 0.05) is 23.1 Å². The van der Waals surface area contributed by atoms with Crippen LogP contribution in [0.5, 0.6) is 0 Å². The standard InChI is InChI=1S/C15H19NO2S/c1-9(17)16-12-8-19-13-6-5-10(15(2,3)4)7-11(13)14(12)18/h5-7,12H,8H2,1-4H3,(H,16,17). The van der Waals surface area contributed by atoms with Crippen LogP contribution in [-0.4, -0.2) is 23.5 Å². The molecule has 3 nitrogen and oxygen atoms in total. The third-order valence-corrected chi connectivity index (χ3v) is 4.38. The first-order chi connectivity index (χ1) is 8.79. The molecule has 0 saturated carbocycles. The van der Waals surface area contributed by atoms with Crippen LogP contribution in [0.2, 0.25) is 0 Å². The van der Waals surface area contributed by atoms with E-state index >= 15 is 0 Å². The number of benzene rings is 1. The lowest BCUT2D eigenvalue weighted by molar-refractivity contribution is -0.119. The molecule has 1 N–H and O–H groups in total. The molecule has 0 radical (unpaired) electrons. The molecule has 1 heterocycles. The maximum Gasteiger partial charge on any atom is 0.217 e. The Balaban J connectivity index is 2.36. The minimum Gasteiger partial charge on any atom is -0.345 e. The fourth-order valence-electron chi connectivity index (χ4n) is 2.10. The molecule has 1 aromatic rings. The maximum atomic E-state index is 12.4. The Bertz CT molecular complexity index is 531. The van der Waals surface area contributed by atoms with Crippen molar-refractivity contribution in [3.8, 4) is 0 Å². The molecular formula is C15H19NO2S. The third kappa shape index (κ3) is 3.00. The Labute approximate surface area is 118 Å². The molecule has 102 valence electrons. The first kappa shape index (κ1) is 14.1. The van der Waals surface area contributed by atoms with Crippen molar-refractivity contribution in [2.24, 2.45) is 0 Å². The van der Waals surface area contributed by atoms with Crippen LogP contribution in [0.4, 0.5) is 0 Å². The van der Waals surface area contributed by atoms with E-state index in [4.69, 9.17) is 0 Å². The summed E-state index contributed by atoms with van der Waals surface area (Å²) in [7, 11) is 0. The monoisotopic (exact) mass is 277 g/mol. The Morgan fingerprint density at radius 1 is 1.37 bits per heavy atom. The van der Waals surface area contributed by atoms with E-state index in [2.05, 4.69) is 32.2 Å². The van der Waals surface area contributed by atoms with Crippen molar-refractivity contribution < 1.29 is 9.59 Å². The molecule has 0 saturated heterocycles. The number of carbonyl (C=O) groups is 2. The lowest BCUT2D eigenvalue weighted by atomic mass is 9.85. The van der Waals surface area contributed by atoms with E-state index in [1.54, 1.807) is 11.8 Å². The van der Waals surface area contributed by atoms with Gasteiger partial charge in [-0.15, -0.1) is 11.8 Å². The number of ketones is 1. The van der Waals surface area contributed by atoms with Crippen LogP contribution in [0.1, 0.15) is 43.6 Å². The molecule has 1 aromatic carbocycles. The van der Waals surface area contributed by atoms with Crippen LogP contribution in [0, 0.1) is 0 Å². The molecule has 0 aliphatic carbocycles. The van der Waals surface area contributed by atoms with Gasteiger partial charge < -0.3 is 5.32 Å². The van der Waals surface area contributed by atoms with E-state index in [0.29, 0.717) is 5.75 Å². The zero-order valence-electron chi connectivity index (χ0n) is 11.7. The quantitative estimate of drug-likeness (QED) is 0.858. The van der Waals surface area contributed by atoms with Crippen molar-refractivity contribution in [1.82, 2.24) is 5.32 Å². The first-order valence-corrected chi connectivity index (χ1v) is 7.36. The van der Waals surface area contributed by atoms with Crippen molar-refractivity contribution >= 4 is 23.5 Å². The Morgan fingerprint density at radius 2 is 2.05 bits per heavy atom. The summed E-state index contributed by atoms with van der Waals surface area (Å²) in [5.74, 6) is 0.477. The van der Waals surface area contributed by atoms with E-state index in [1.807, 2.05) is 12.1 Å². The highest BCUT2D eigenvalue weighted by Crippen LogP contribution is 2.33. The minimum atomic E-state index is -0.398. The summed E-state index contributed by atoms with van der Waals surface area (Å²) < 4.78 is 0. The van der Waals surface area contributed by atoms with Crippen LogP contribution >= 0.6 is 11.8 Å². The second-order valence-electron chi connectivity index (χ2n) is 5.89. The number of amides is 1. The van der Waals surface area contributed by atoms with Crippen LogP contribution in [0.25, 0.3) is 0 Å². The summed E-state index contributed by atoms with van der Waals surface area (Å²) in [5.41, 5.74) is 1.90. The molecular weight excluding hydrogens is 258 g/mol. The Kier molecular flexibility index (Phi) is 3.72. The highest BCUT2D eigenvalue weighted by Gasteiger charge is 2.29. The Hall–Kier alpha value is -1.29. The molecule has 1 aliphatic rings. The summed E-state index contributed by atoms with van der Waals surface area (Å²) in [4.78, 5) is 24.5. The number of nitrogens with one attached hydrogen (secondary N) is 1. The molecule has 4 heteroatoms. The van der Waals surface area contributed by atoms with Gasteiger partial charge in [0.05, 0.1) is 0 Å². The van der Waals surface area contributed by atoms with Gasteiger partial charge in [0.25, 0.3) is 0 Å². The van der Waals surface area contributed by atoms with Gasteiger partial charge in [0.15, 0.2) is 5.78 Å². The van der Waals surface area contributed by atoms with Crippen molar-refractivity contribution in [3.63, 3.8) is 0 Å². The molecule has 0 spiro atoms. The molecule has 2 rings (SSSR count). The number of hydrogen-bond donors (Lipinski definition) is 1. The molecule has 1 amide bonds. The Morgan fingerprint density at radius 3 is 2.63 bits per heavy atom. The van der Waals surface area contributed by atoms with Gasteiger partial charge in [-0.05, 0) is 23.1 Å². The normalized spacial score (nSPS) is 18.9. The fourth-order valence-corrected chi connectivity index (χ4v) is 3.16. The molecule has 1 atom stereocenters. The highest BCUT2D eigenvalue weighted by atomic mass is 32.2. The van der Waals surface area contributed by atoms with Gasteiger partial charge in [-0.3, -0.25) is 9.59 Å². The van der Waals surface area contributed by atoms with Crippen molar-refractivity contribution in [2.45, 2.75) is 44.0 Å². The van der Waals surface area contributed by atoms with E-state index in [1.165, 1.54) is 6.92 Å². The van der Waals surface area contributed by atoms with Crippen LogP contribution < -0.4 is 5.32 Å². The largest absolute Gasteiger partial charge is 0.345 e. The predicted octanol–water partition coefficient (Wildman–Crippen LogP) is 2.78. The molecule has 0 bridgehead atoms. The lowest BCUT2D eigenvalue weighted by Gasteiger charge is -2.26. The molecule has 0 aromatic heterocycles. The van der Waals surface area contributed by atoms with Crippen LogP contribution in [0.3, 0.4) is 0 Å². The van der Waals surface area contributed by atoms with Crippen LogP contribution in [0.15, 0.2) is 23.1 Å². The second kappa shape index (κ2) is 5.00. The lowest BCUT2D eigenvalue weighted by Crippen LogP contribution is -2.43. The minimum absolute atomic E-state index is 0.0148. The predicted molar refractivity (Wildman–Crippen MR) is 77.8 cm³/mol. The number of Topliss-reactive ketones (excluding diaryl/α,β-unsaturated/α-hetero) is 1. The second-order valence-corrected chi connectivity index (χ2v) is 6.95. The zero-order chi connectivity index (χ0) is 14.2. The van der Waals surface area contributed by atoms with Gasteiger partial charge in [0.1, 0.15) is 6.04 Å². The summed E-state index contributed by atoms with van der Waals surface area (Å²) in [6, 6.07) is 5.67. The van der Waals surface area contributed by atoms with Crippen LogP contribution in [-0.2, 0) is 10.2 Å². The van der Waals surface area contributed by atoms with Crippen molar-refractivity contribution in [2.75, 3.05) is 5.75 Å². The average Bonchev–Trinajstić information content (AvgIpc) is 2.31. The number of rotatable bonds is 1.